The van der Waals surface area contributed by atoms with Gasteiger partial charge in [-0.15, -0.1) is 11.3 Å². The Labute approximate surface area is 166 Å². The van der Waals surface area contributed by atoms with Gasteiger partial charge in [0.15, 0.2) is 0 Å². The third-order valence-corrected chi connectivity index (χ3v) is 5.77. The Bertz CT molecular complexity index is 889. The molecule has 0 aliphatic heterocycles. The highest BCUT2D eigenvalue weighted by Gasteiger charge is 2.26. The van der Waals surface area contributed by atoms with Crippen LogP contribution in [0.2, 0.25) is 0 Å². The van der Waals surface area contributed by atoms with Gasteiger partial charge in [0, 0.05) is 17.0 Å². The predicted octanol–water partition coefficient (Wildman–Crippen LogP) is 3.69. The molecule has 0 fully saturated rings. The zero-order valence-corrected chi connectivity index (χ0v) is 16.4. The van der Waals surface area contributed by atoms with Crippen LogP contribution in [0.15, 0.2) is 24.3 Å². The number of aliphatic carboxylic acids is 1. The molecule has 2 aromatic rings. The highest BCUT2D eigenvalue weighted by molar-refractivity contribution is 7.17. The molecule has 0 saturated carbocycles. The maximum atomic E-state index is 13.0. The number of nitrogens with one attached hydrogen (secondary N) is 2. The van der Waals surface area contributed by atoms with E-state index in [2.05, 4.69) is 10.6 Å². The van der Waals surface area contributed by atoms with Crippen molar-refractivity contribution in [2.45, 2.75) is 38.5 Å². The van der Waals surface area contributed by atoms with E-state index in [-0.39, 0.29) is 18.7 Å². The summed E-state index contributed by atoms with van der Waals surface area (Å²) in [5, 5.41) is 14.9. The van der Waals surface area contributed by atoms with Gasteiger partial charge in [-0.3, -0.25) is 14.4 Å². The fourth-order valence-electron chi connectivity index (χ4n) is 3.17. The summed E-state index contributed by atoms with van der Waals surface area (Å²) in [5.41, 5.74) is 2.10. The first-order chi connectivity index (χ1) is 13.5. The van der Waals surface area contributed by atoms with Gasteiger partial charge in [-0.25, -0.2) is 0 Å². The highest BCUT2D eigenvalue weighted by atomic mass is 32.1. The van der Waals surface area contributed by atoms with Crippen LogP contribution in [0.3, 0.4) is 0 Å². The molecule has 1 aromatic heterocycles. The second kappa shape index (κ2) is 8.88. The molecule has 0 bridgehead atoms. The molecule has 1 aromatic carbocycles. The summed E-state index contributed by atoms with van der Waals surface area (Å²) in [7, 11) is 1.57. The standard InChI is InChI=1S/C20H22N2O5S/c1-27-13-8-6-12(7-9-13)21-19(26)18-14-4-2-3-5-15(14)28-20(18)22-16(23)10-11-17(24)25/h6-9H,2-5,10-11H2,1H3,(H,21,26)(H,22,23)(H,24,25). The normalized spacial score (nSPS) is 12.8. The lowest BCUT2D eigenvalue weighted by atomic mass is 9.95. The van der Waals surface area contributed by atoms with Gasteiger partial charge < -0.3 is 20.5 Å². The van der Waals surface area contributed by atoms with E-state index < -0.39 is 11.9 Å². The van der Waals surface area contributed by atoms with Crippen LogP contribution in [-0.2, 0) is 22.4 Å². The molecule has 148 valence electrons. The summed E-state index contributed by atoms with van der Waals surface area (Å²) >= 11 is 1.41. The monoisotopic (exact) mass is 402 g/mol. The zero-order valence-electron chi connectivity index (χ0n) is 15.5. The van der Waals surface area contributed by atoms with Crippen LogP contribution in [0.1, 0.15) is 46.5 Å². The molecule has 7 nitrogen and oxygen atoms in total. The Balaban J connectivity index is 1.82. The third kappa shape index (κ3) is 4.69. The quantitative estimate of drug-likeness (QED) is 0.655. The molecule has 1 aliphatic carbocycles. The maximum Gasteiger partial charge on any atom is 0.303 e. The number of methoxy groups -OCH3 is 1. The number of anilines is 2. The number of fused-ring (bicyclic) bond motifs is 1. The minimum absolute atomic E-state index is 0.128. The molecule has 1 heterocycles. The molecule has 28 heavy (non-hydrogen) atoms. The smallest absolute Gasteiger partial charge is 0.303 e. The number of benzene rings is 1. The van der Waals surface area contributed by atoms with Gasteiger partial charge >= 0.3 is 5.97 Å². The second-order valence-corrected chi connectivity index (χ2v) is 7.64. The topological polar surface area (TPSA) is 105 Å². The van der Waals surface area contributed by atoms with Gasteiger partial charge in [0.25, 0.3) is 5.91 Å². The Morgan fingerprint density at radius 3 is 2.46 bits per heavy atom. The van der Waals surface area contributed by atoms with E-state index in [1.54, 1.807) is 31.4 Å². The maximum absolute atomic E-state index is 13.0. The minimum Gasteiger partial charge on any atom is -0.497 e. The largest absolute Gasteiger partial charge is 0.497 e. The number of carboxylic acids is 1. The minimum atomic E-state index is -1.03. The number of hydrogen-bond acceptors (Lipinski definition) is 5. The number of rotatable bonds is 7. The number of hydrogen-bond donors (Lipinski definition) is 3. The zero-order chi connectivity index (χ0) is 20.1. The molecule has 3 N–H and O–H groups in total. The lowest BCUT2D eigenvalue weighted by Gasteiger charge is -2.13. The van der Waals surface area contributed by atoms with Gasteiger partial charge in [-0.05, 0) is 55.5 Å². The van der Waals surface area contributed by atoms with Crippen LogP contribution < -0.4 is 15.4 Å². The van der Waals surface area contributed by atoms with Crippen LogP contribution in [0, 0.1) is 0 Å². The second-order valence-electron chi connectivity index (χ2n) is 6.54. The molecule has 0 unspecified atom stereocenters. The summed E-state index contributed by atoms with van der Waals surface area (Å²) < 4.78 is 5.12. The molecular formula is C20H22N2O5S. The van der Waals surface area contributed by atoms with E-state index in [1.807, 2.05) is 0 Å². The summed E-state index contributed by atoms with van der Waals surface area (Å²) in [4.78, 5) is 36.9. The van der Waals surface area contributed by atoms with Crippen LogP contribution in [0.4, 0.5) is 10.7 Å². The van der Waals surface area contributed by atoms with Gasteiger partial charge in [0.05, 0.1) is 19.1 Å². The highest BCUT2D eigenvalue weighted by Crippen LogP contribution is 2.38. The SMILES string of the molecule is COc1ccc(NC(=O)c2c(NC(=O)CCC(=O)O)sc3c2CCCC3)cc1. The van der Waals surface area contributed by atoms with Crippen LogP contribution in [-0.4, -0.2) is 30.0 Å². The number of carbonyl (C=O) groups excluding carboxylic acids is 2. The van der Waals surface area contributed by atoms with Crippen LogP contribution >= 0.6 is 11.3 Å². The molecule has 0 radical (unpaired) electrons. The Kier molecular flexibility index (Phi) is 6.30. The van der Waals surface area contributed by atoms with Crippen molar-refractivity contribution in [2.75, 3.05) is 17.7 Å². The molecule has 8 heteroatoms. The molecule has 3 rings (SSSR count). The van der Waals surface area contributed by atoms with Crippen molar-refractivity contribution >= 4 is 39.8 Å². The van der Waals surface area contributed by atoms with E-state index in [9.17, 15) is 14.4 Å². The van der Waals surface area contributed by atoms with Gasteiger partial charge in [-0.1, -0.05) is 0 Å². The van der Waals surface area contributed by atoms with Crippen molar-refractivity contribution in [2.24, 2.45) is 0 Å². The average molecular weight is 402 g/mol. The summed E-state index contributed by atoms with van der Waals surface area (Å²) in [6.45, 7) is 0. The number of aryl methyl sites for hydroxylation is 1. The molecular weight excluding hydrogens is 380 g/mol. The summed E-state index contributed by atoms with van der Waals surface area (Å²) in [6.07, 6.45) is 3.36. The lowest BCUT2D eigenvalue weighted by Crippen LogP contribution is -2.19. The Morgan fingerprint density at radius 1 is 1.07 bits per heavy atom. The molecule has 1 aliphatic rings. The van der Waals surface area contributed by atoms with Crippen molar-refractivity contribution in [3.63, 3.8) is 0 Å². The first-order valence-corrected chi connectivity index (χ1v) is 9.91. The van der Waals surface area contributed by atoms with Crippen molar-refractivity contribution in [3.05, 3.63) is 40.3 Å². The van der Waals surface area contributed by atoms with Crippen molar-refractivity contribution < 1.29 is 24.2 Å². The van der Waals surface area contributed by atoms with E-state index >= 15 is 0 Å². The average Bonchev–Trinajstić information content (AvgIpc) is 3.04. The van der Waals surface area contributed by atoms with E-state index in [1.165, 1.54) is 11.3 Å². The van der Waals surface area contributed by atoms with Crippen molar-refractivity contribution in [1.82, 2.24) is 0 Å². The number of thiophene rings is 1. The Morgan fingerprint density at radius 2 is 1.79 bits per heavy atom. The Hall–Kier alpha value is -2.87. The molecule has 0 saturated heterocycles. The van der Waals surface area contributed by atoms with E-state index in [4.69, 9.17) is 9.84 Å². The summed E-state index contributed by atoms with van der Waals surface area (Å²) in [5.74, 6) is -1.02. The molecule has 0 spiro atoms. The first kappa shape index (κ1) is 19.9. The third-order valence-electron chi connectivity index (χ3n) is 4.57. The number of amides is 2. The van der Waals surface area contributed by atoms with Crippen LogP contribution in [0.25, 0.3) is 0 Å². The van der Waals surface area contributed by atoms with E-state index in [0.29, 0.717) is 22.0 Å². The fraction of sp³-hybridized carbons (Fsp3) is 0.350. The van der Waals surface area contributed by atoms with Crippen molar-refractivity contribution in [1.29, 1.82) is 0 Å². The first-order valence-electron chi connectivity index (χ1n) is 9.09. The lowest BCUT2D eigenvalue weighted by molar-refractivity contribution is -0.138. The fourth-order valence-corrected chi connectivity index (χ4v) is 4.47. The molecule has 0 atom stereocenters. The van der Waals surface area contributed by atoms with Crippen molar-refractivity contribution in [3.8, 4) is 5.75 Å². The van der Waals surface area contributed by atoms with Gasteiger partial charge in [-0.2, -0.15) is 0 Å². The number of carboxylic acid groups (broad SMARTS) is 1. The van der Waals surface area contributed by atoms with Gasteiger partial charge in [0.1, 0.15) is 10.8 Å². The number of ether oxygens (including phenoxy) is 1. The summed E-state index contributed by atoms with van der Waals surface area (Å²) in [6, 6.07) is 7.02. The van der Waals surface area contributed by atoms with E-state index in [0.717, 1.165) is 36.1 Å². The predicted molar refractivity (Wildman–Crippen MR) is 107 cm³/mol. The van der Waals surface area contributed by atoms with Gasteiger partial charge in [0.2, 0.25) is 5.91 Å². The molecule has 2 amide bonds. The van der Waals surface area contributed by atoms with Crippen LogP contribution in [0.5, 0.6) is 5.75 Å². The number of carbonyl (C=O) groups is 3.